The van der Waals surface area contributed by atoms with Gasteiger partial charge in [0.15, 0.2) is 0 Å². The summed E-state index contributed by atoms with van der Waals surface area (Å²) in [5.74, 6) is 2.85. The fourth-order valence-electron chi connectivity index (χ4n) is 5.93. The molecule has 0 radical (unpaired) electrons. The predicted octanol–water partition coefficient (Wildman–Crippen LogP) is 5.82. The number of benzene rings is 3. The van der Waals surface area contributed by atoms with Gasteiger partial charge in [-0.1, -0.05) is 12.1 Å². The number of H-pyrrole nitrogens is 1. The van der Waals surface area contributed by atoms with E-state index in [9.17, 15) is 14.4 Å². The molecule has 0 atom stereocenters. The van der Waals surface area contributed by atoms with Gasteiger partial charge in [0.2, 0.25) is 5.95 Å². The zero-order valence-electron chi connectivity index (χ0n) is 30.8. The van der Waals surface area contributed by atoms with Crippen LogP contribution in [0.2, 0.25) is 0 Å². The van der Waals surface area contributed by atoms with E-state index in [0.29, 0.717) is 60.3 Å². The van der Waals surface area contributed by atoms with Gasteiger partial charge < -0.3 is 44.5 Å². The summed E-state index contributed by atoms with van der Waals surface area (Å²) in [6, 6.07) is 15.9. The first kappa shape index (κ1) is 42.6. The summed E-state index contributed by atoms with van der Waals surface area (Å²) in [6.07, 6.45) is 2.18. The van der Waals surface area contributed by atoms with Crippen LogP contribution in [0.5, 0.6) is 11.5 Å². The zero-order valence-corrected chi connectivity index (χ0v) is 32.5. The van der Waals surface area contributed by atoms with Gasteiger partial charge in [0.05, 0.1) is 48.5 Å². The van der Waals surface area contributed by atoms with Gasteiger partial charge in [-0.3, -0.25) is 9.59 Å². The average molecular weight is 771 g/mol. The molecule has 1 saturated heterocycles. The normalized spacial score (nSPS) is 12.6. The lowest BCUT2D eigenvalue weighted by Crippen LogP contribution is -2.44. The summed E-state index contributed by atoms with van der Waals surface area (Å²) in [5.41, 5.74) is 4.82. The van der Waals surface area contributed by atoms with Crippen molar-refractivity contribution in [2.45, 2.75) is 26.2 Å². The first-order valence-corrected chi connectivity index (χ1v) is 17.1. The summed E-state index contributed by atoms with van der Waals surface area (Å²) < 4.78 is 16.9. The fraction of sp³-hybridized carbons (Fsp3) is 0.395. The Morgan fingerprint density at radius 1 is 0.981 bits per heavy atom. The van der Waals surface area contributed by atoms with Gasteiger partial charge >= 0.3 is 0 Å². The van der Waals surface area contributed by atoms with E-state index in [1.165, 1.54) is 12.0 Å². The van der Waals surface area contributed by atoms with Gasteiger partial charge in [0, 0.05) is 52.4 Å². The summed E-state index contributed by atoms with van der Waals surface area (Å²) in [4.78, 5) is 52.5. The molecule has 13 nitrogen and oxygen atoms in total. The highest BCUT2D eigenvalue weighted by molar-refractivity contribution is 6.11. The number of carbonyl (C=O) groups is 2. The molecule has 53 heavy (non-hydrogen) atoms. The van der Waals surface area contributed by atoms with E-state index < -0.39 is 5.91 Å². The topological polar surface area (TPSA) is 141 Å². The maximum Gasteiger partial charge on any atom is 0.259 e. The number of ether oxygens (including phenoxy) is 3. The second kappa shape index (κ2) is 20.5. The number of carbonyl (C=O) groups excluding carboxylic acids is 3. The van der Waals surface area contributed by atoms with Crippen molar-refractivity contribution in [1.82, 2.24) is 19.8 Å². The molecule has 0 unspecified atom stereocenters. The van der Waals surface area contributed by atoms with Gasteiger partial charge in [0.1, 0.15) is 23.0 Å². The Morgan fingerprint density at radius 3 is 2.47 bits per heavy atom. The summed E-state index contributed by atoms with van der Waals surface area (Å²) >= 11 is 0. The number of methoxy groups -OCH3 is 2. The molecule has 15 heteroatoms. The van der Waals surface area contributed by atoms with Crippen LogP contribution in [-0.4, -0.2) is 112 Å². The SMILES string of the molecule is COCCNc1nc2c(NC(=O)c3ccc(C(=O)N(C)c4ccc(C)cc4OCCCCC(=C=O)N4CCN(C)CC4)cc3OC)cccc2[nH]1.Cl.Cl. The number of anilines is 3. The van der Waals surface area contributed by atoms with Crippen LogP contribution in [0, 0.1) is 6.92 Å². The van der Waals surface area contributed by atoms with Crippen LogP contribution in [0.3, 0.4) is 0 Å². The van der Waals surface area contributed by atoms with E-state index in [2.05, 4.69) is 43.4 Å². The van der Waals surface area contributed by atoms with Gasteiger partial charge in [-0.05, 0) is 81.3 Å². The van der Waals surface area contributed by atoms with Crippen molar-refractivity contribution in [3.8, 4) is 11.5 Å². The van der Waals surface area contributed by atoms with Crippen molar-refractivity contribution in [2.24, 2.45) is 0 Å². The van der Waals surface area contributed by atoms with Crippen molar-refractivity contribution >= 4 is 70.9 Å². The fourth-order valence-corrected chi connectivity index (χ4v) is 5.93. The number of nitrogens with one attached hydrogen (secondary N) is 3. The predicted molar refractivity (Wildman–Crippen MR) is 213 cm³/mol. The van der Waals surface area contributed by atoms with E-state index in [1.807, 2.05) is 37.3 Å². The molecule has 0 saturated carbocycles. The van der Waals surface area contributed by atoms with Crippen molar-refractivity contribution in [3.05, 3.63) is 77.0 Å². The Kier molecular flexibility index (Phi) is 16.5. The first-order valence-electron chi connectivity index (χ1n) is 17.1. The molecule has 1 aromatic heterocycles. The summed E-state index contributed by atoms with van der Waals surface area (Å²) in [7, 11) is 6.86. The molecule has 0 bridgehead atoms. The quantitative estimate of drug-likeness (QED) is 0.0943. The van der Waals surface area contributed by atoms with Gasteiger partial charge in [-0.25, -0.2) is 9.78 Å². The largest absolute Gasteiger partial charge is 0.496 e. The van der Waals surface area contributed by atoms with Crippen molar-refractivity contribution in [1.29, 1.82) is 0 Å². The number of hydrogen-bond acceptors (Lipinski definition) is 10. The highest BCUT2D eigenvalue weighted by Crippen LogP contribution is 2.32. The molecule has 1 aliphatic heterocycles. The van der Waals surface area contributed by atoms with Crippen LogP contribution in [0.15, 0.2) is 60.3 Å². The number of amides is 2. The molecule has 2 heterocycles. The van der Waals surface area contributed by atoms with Crippen LogP contribution >= 0.6 is 24.8 Å². The lowest BCUT2D eigenvalue weighted by atomic mass is 10.1. The van der Waals surface area contributed by atoms with E-state index >= 15 is 0 Å². The maximum atomic E-state index is 13.8. The van der Waals surface area contributed by atoms with E-state index in [1.54, 1.807) is 38.4 Å². The lowest BCUT2D eigenvalue weighted by Gasteiger charge is -2.34. The minimum Gasteiger partial charge on any atom is -0.496 e. The molecule has 1 aliphatic rings. The van der Waals surface area contributed by atoms with Crippen molar-refractivity contribution in [3.63, 3.8) is 0 Å². The average Bonchev–Trinajstić information content (AvgIpc) is 3.57. The minimum atomic E-state index is -0.405. The van der Waals surface area contributed by atoms with Crippen molar-refractivity contribution in [2.75, 3.05) is 89.8 Å². The van der Waals surface area contributed by atoms with E-state index in [4.69, 9.17) is 14.2 Å². The number of imidazole rings is 1. The number of rotatable bonds is 16. The monoisotopic (exact) mass is 769 g/mol. The van der Waals surface area contributed by atoms with E-state index in [-0.39, 0.29) is 42.0 Å². The van der Waals surface area contributed by atoms with E-state index in [0.717, 1.165) is 55.8 Å². The molecular weight excluding hydrogens is 721 g/mol. The number of piperazine rings is 1. The van der Waals surface area contributed by atoms with Gasteiger partial charge in [-0.2, -0.15) is 0 Å². The summed E-state index contributed by atoms with van der Waals surface area (Å²) in [5, 5.41) is 6.09. The Labute approximate surface area is 322 Å². The number of para-hydroxylation sites is 1. The molecular formula is C38H49Cl2N7O6. The summed E-state index contributed by atoms with van der Waals surface area (Å²) in [6.45, 7) is 7.04. The second-order valence-corrected chi connectivity index (χ2v) is 12.6. The maximum absolute atomic E-state index is 13.8. The molecule has 2 amide bonds. The Balaban J connectivity index is 0.00000378. The highest BCUT2D eigenvalue weighted by atomic mass is 35.5. The number of aromatic nitrogens is 2. The lowest BCUT2D eigenvalue weighted by molar-refractivity contribution is 0.0987. The molecule has 0 spiro atoms. The number of aryl methyl sites for hydroxylation is 1. The molecule has 4 aromatic rings. The Hall–Kier alpha value is -4.78. The molecule has 0 aliphatic carbocycles. The first-order chi connectivity index (χ1) is 24.7. The third-order valence-electron chi connectivity index (χ3n) is 8.90. The number of halogens is 2. The van der Waals surface area contributed by atoms with Crippen LogP contribution < -0.4 is 25.0 Å². The Morgan fingerprint density at radius 2 is 1.75 bits per heavy atom. The molecule has 3 aromatic carbocycles. The van der Waals surface area contributed by atoms with Crippen LogP contribution in [0.4, 0.5) is 17.3 Å². The number of allylic oxidation sites excluding steroid dienone is 1. The Bertz CT molecular complexity index is 1890. The molecule has 5 rings (SSSR count). The van der Waals surface area contributed by atoms with Crippen LogP contribution in [0.25, 0.3) is 11.0 Å². The van der Waals surface area contributed by atoms with Crippen molar-refractivity contribution < 1.29 is 28.6 Å². The molecule has 286 valence electrons. The number of nitrogens with zero attached hydrogens (tertiary/aromatic N) is 4. The number of unbranched alkanes of at least 4 members (excludes halogenated alkanes) is 1. The number of fused-ring (bicyclic) bond motifs is 1. The highest BCUT2D eigenvalue weighted by Gasteiger charge is 2.22. The third kappa shape index (κ3) is 10.9. The minimum absolute atomic E-state index is 0. The third-order valence-corrected chi connectivity index (χ3v) is 8.90. The van der Waals surface area contributed by atoms with Gasteiger partial charge in [-0.15, -0.1) is 24.8 Å². The van der Waals surface area contributed by atoms with Gasteiger partial charge in [0.25, 0.3) is 11.8 Å². The standard InChI is InChI=1S/C38H47N7O6.2ClH/c1-26-12-15-32(34(23-26)51-21-7-6-9-28(25-46)45-19-17-43(2)18-20-45)44(3)37(48)27-13-14-29(33(24-27)50-5)36(47)40-30-10-8-11-31-35(30)42-38(41-31)39-16-22-49-4;;/h8,10-15,23-24H,6-7,9,16-22H2,1-5H3,(H,40,47)(H2,39,41,42);2*1H. The van der Waals surface area contributed by atoms with Crippen LogP contribution in [-0.2, 0) is 9.53 Å². The smallest absolute Gasteiger partial charge is 0.259 e. The van der Waals surface area contributed by atoms with Crippen LogP contribution in [0.1, 0.15) is 45.5 Å². The number of hydrogen-bond donors (Lipinski definition) is 3. The molecule has 1 fully saturated rings. The number of aromatic amines is 1. The molecule has 3 N–H and O–H groups in total. The zero-order chi connectivity index (χ0) is 36.3. The second-order valence-electron chi connectivity index (χ2n) is 12.6. The number of likely N-dealkylation sites (N-methyl/N-ethyl adjacent to an activating group) is 1.